The molecule has 0 bridgehead atoms. The van der Waals surface area contributed by atoms with Crippen LogP contribution < -0.4 is 0 Å². The Balaban J connectivity index is 0.984. The Bertz CT molecular complexity index is 4220. The van der Waals surface area contributed by atoms with E-state index in [4.69, 9.17) is 0 Å². The summed E-state index contributed by atoms with van der Waals surface area (Å²) in [5.41, 5.74) is 4.93. The zero-order valence-electron chi connectivity index (χ0n) is 33.0. The van der Waals surface area contributed by atoms with Crippen LogP contribution in [-0.4, -0.2) is 0 Å². The maximum atomic E-state index is 2.44. The van der Waals surface area contributed by atoms with Gasteiger partial charge in [0.05, 0.1) is 0 Å². The van der Waals surface area contributed by atoms with Gasteiger partial charge in [0, 0.05) is 30.9 Å². The van der Waals surface area contributed by atoms with Gasteiger partial charge in [0.25, 0.3) is 0 Å². The Labute approximate surface area is 355 Å². The van der Waals surface area contributed by atoms with Crippen molar-refractivity contribution >= 4 is 128 Å². The number of rotatable bonds is 2. The normalized spacial score (nSPS) is 12.3. The Morgan fingerprint density at radius 1 is 0.197 bits per heavy atom. The zero-order valence-corrected chi connectivity index (χ0v) is 33.9. The largest absolute Gasteiger partial charge is 0.134 e. The lowest BCUT2D eigenvalue weighted by atomic mass is 9.90. The van der Waals surface area contributed by atoms with Crippen molar-refractivity contribution in [3.8, 4) is 22.3 Å². The fourth-order valence-corrected chi connectivity index (χ4v) is 12.1. The fourth-order valence-electron chi connectivity index (χ4n) is 10.7. The monoisotopic (exact) mass is 786 g/mol. The van der Waals surface area contributed by atoms with Crippen LogP contribution in [0.1, 0.15) is 0 Å². The third-order valence-electron chi connectivity index (χ3n) is 13.5. The summed E-state index contributed by atoms with van der Waals surface area (Å²) in [6.07, 6.45) is 0. The van der Waals surface area contributed by atoms with Crippen molar-refractivity contribution in [1.82, 2.24) is 0 Å². The van der Waals surface area contributed by atoms with Gasteiger partial charge in [-0.2, -0.15) is 0 Å². The molecule has 1 heteroatoms. The first-order valence-corrected chi connectivity index (χ1v) is 22.0. The summed E-state index contributed by atoms with van der Waals surface area (Å²) in [6.45, 7) is 0. The van der Waals surface area contributed by atoms with Crippen LogP contribution in [0.3, 0.4) is 0 Å². The molecular weight excluding hydrogens is 753 g/mol. The van der Waals surface area contributed by atoms with E-state index < -0.39 is 0 Å². The highest BCUT2D eigenvalue weighted by Gasteiger charge is 2.20. The molecular formula is C60H34S. The van der Waals surface area contributed by atoms with Crippen molar-refractivity contribution in [2.24, 2.45) is 0 Å². The molecule has 1 heterocycles. The van der Waals surface area contributed by atoms with Crippen LogP contribution in [0.4, 0.5) is 0 Å². The second-order valence-corrected chi connectivity index (χ2v) is 17.8. The van der Waals surface area contributed by atoms with Gasteiger partial charge in [-0.1, -0.05) is 182 Å². The first-order chi connectivity index (χ1) is 30.2. The maximum Gasteiger partial charge on any atom is 0.0446 e. The second-order valence-electron chi connectivity index (χ2n) is 16.7. The van der Waals surface area contributed by atoms with E-state index in [1.165, 1.54) is 139 Å². The van der Waals surface area contributed by atoms with Crippen LogP contribution in [0.2, 0.25) is 0 Å². The van der Waals surface area contributed by atoms with Gasteiger partial charge in [-0.3, -0.25) is 0 Å². The summed E-state index contributed by atoms with van der Waals surface area (Å²) in [6, 6.07) is 77.4. The van der Waals surface area contributed by atoms with Gasteiger partial charge in [0.15, 0.2) is 0 Å². The molecule has 0 amide bonds. The van der Waals surface area contributed by atoms with E-state index in [2.05, 4.69) is 206 Å². The van der Waals surface area contributed by atoms with Gasteiger partial charge in [0.1, 0.15) is 0 Å². The summed E-state index contributed by atoms with van der Waals surface area (Å²) in [5.74, 6) is 0. The zero-order chi connectivity index (χ0) is 39.8. The van der Waals surface area contributed by atoms with Gasteiger partial charge >= 0.3 is 0 Å². The van der Waals surface area contributed by atoms with Crippen LogP contribution in [0.5, 0.6) is 0 Å². The number of hydrogen-bond acceptors (Lipinski definition) is 1. The number of thiophene rings is 1. The molecule has 0 aliphatic heterocycles. The summed E-state index contributed by atoms with van der Waals surface area (Å²) < 4.78 is 2.74. The summed E-state index contributed by atoms with van der Waals surface area (Å²) in [4.78, 5) is 0. The van der Waals surface area contributed by atoms with E-state index in [-0.39, 0.29) is 0 Å². The van der Waals surface area contributed by atoms with Gasteiger partial charge in [-0.05, 0) is 133 Å². The maximum absolute atomic E-state index is 2.44. The standard InChI is InChI=1S/C60H34S/c1-3-11-44-36(9-1)19-22-42-31-40(24-26-45(42)44)38-20-17-35-18-21-39(33-43(35)32-38)41-25-28-53-55(34-41)48-14-6-5-13-47(48)52-29-30-54-58-50-16-8-7-15-49(50)51-27-23-37-10-2-4-12-46(37)56(51)60(58)61-59(54)57(52)53/h1-34H. The van der Waals surface area contributed by atoms with Crippen molar-refractivity contribution < 1.29 is 0 Å². The SMILES string of the molecule is c1ccc2c(c1)ccc1cc(-c3ccc4ccc(-c5ccc6c(c5)c5ccccc5c5ccc7c(sc8c9c%10ccccc%10ccc9c9ccccc9c78)c56)cc4c3)ccc12. The predicted molar refractivity (Wildman–Crippen MR) is 268 cm³/mol. The van der Waals surface area contributed by atoms with Crippen molar-refractivity contribution in [2.45, 2.75) is 0 Å². The molecule has 13 aromatic carbocycles. The summed E-state index contributed by atoms with van der Waals surface area (Å²) in [7, 11) is 0. The summed E-state index contributed by atoms with van der Waals surface area (Å²) in [5, 5.41) is 26.1. The third kappa shape index (κ3) is 4.75. The smallest absolute Gasteiger partial charge is 0.0446 e. The predicted octanol–water partition coefficient (Wildman–Crippen LogP) is 17.8. The Hall–Kier alpha value is -7.58. The number of hydrogen-bond donors (Lipinski definition) is 0. The lowest BCUT2D eigenvalue weighted by molar-refractivity contribution is 1.66. The second kappa shape index (κ2) is 12.5. The van der Waals surface area contributed by atoms with Crippen LogP contribution >= 0.6 is 11.3 Å². The molecule has 0 aliphatic carbocycles. The molecule has 1 aromatic heterocycles. The first kappa shape index (κ1) is 33.3. The van der Waals surface area contributed by atoms with Crippen LogP contribution in [-0.2, 0) is 0 Å². The van der Waals surface area contributed by atoms with Crippen molar-refractivity contribution in [3.05, 3.63) is 206 Å². The van der Waals surface area contributed by atoms with Gasteiger partial charge < -0.3 is 0 Å². The molecule has 0 fully saturated rings. The van der Waals surface area contributed by atoms with E-state index in [0.29, 0.717) is 0 Å². The van der Waals surface area contributed by atoms with Crippen LogP contribution in [0.25, 0.3) is 139 Å². The Morgan fingerprint density at radius 3 is 1.31 bits per heavy atom. The average Bonchev–Trinajstić information content (AvgIpc) is 3.73. The third-order valence-corrected chi connectivity index (χ3v) is 14.8. The molecule has 0 nitrogen and oxygen atoms in total. The molecule has 0 saturated carbocycles. The molecule has 14 rings (SSSR count). The molecule has 0 atom stereocenters. The molecule has 0 radical (unpaired) electrons. The van der Waals surface area contributed by atoms with E-state index >= 15 is 0 Å². The molecule has 0 N–H and O–H groups in total. The topological polar surface area (TPSA) is 0 Å². The molecule has 0 unspecified atom stereocenters. The van der Waals surface area contributed by atoms with Crippen molar-refractivity contribution in [3.63, 3.8) is 0 Å². The van der Waals surface area contributed by atoms with Gasteiger partial charge in [-0.15, -0.1) is 11.3 Å². The molecule has 0 aliphatic rings. The highest BCUT2D eigenvalue weighted by Crippen LogP contribution is 2.50. The minimum Gasteiger partial charge on any atom is -0.134 e. The van der Waals surface area contributed by atoms with Gasteiger partial charge in [0.2, 0.25) is 0 Å². The first-order valence-electron chi connectivity index (χ1n) is 21.2. The quantitative estimate of drug-likeness (QED) is 0.153. The lowest BCUT2D eigenvalue weighted by Crippen LogP contribution is -1.86. The Kier molecular flexibility index (Phi) is 6.80. The molecule has 14 aromatic rings. The molecule has 280 valence electrons. The fraction of sp³-hybridized carbons (Fsp3) is 0. The van der Waals surface area contributed by atoms with E-state index in [1.807, 2.05) is 11.3 Å². The lowest BCUT2D eigenvalue weighted by Gasteiger charge is -2.13. The molecule has 0 saturated heterocycles. The highest BCUT2D eigenvalue weighted by atomic mass is 32.1. The average molecular weight is 787 g/mol. The minimum atomic E-state index is 1.23. The van der Waals surface area contributed by atoms with Crippen LogP contribution in [0.15, 0.2) is 206 Å². The van der Waals surface area contributed by atoms with Crippen molar-refractivity contribution in [2.75, 3.05) is 0 Å². The molecule has 61 heavy (non-hydrogen) atoms. The number of fused-ring (bicyclic) bond motifs is 21. The van der Waals surface area contributed by atoms with E-state index in [0.717, 1.165) is 0 Å². The van der Waals surface area contributed by atoms with Crippen molar-refractivity contribution in [1.29, 1.82) is 0 Å². The Morgan fingerprint density at radius 2 is 0.574 bits per heavy atom. The minimum absolute atomic E-state index is 1.23. The number of benzene rings is 13. The highest BCUT2D eigenvalue weighted by molar-refractivity contribution is 7.28. The van der Waals surface area contributed by atoms with E-state index in [1.54, 1.807) is 0 Å². The summed E-state index contributed by atoms with van der Waals surface area (Å²) >= 11 is 1.98. The van der Waals surface area contributed by atoms with E-state index in [9.17, 15) is 0 Å². The molecule has 0 spiro atoms. The van der Waals surface area contributed by atoms with Gasteiger partial charge in [-0.25, -0.2) is 0 Å². The van der Waals surface area contributed by atoms with Crippen LogP contribution in [0, 0.1) is 0 Å².